The summed E-state index contributed by atoms with van der Waals surface area (Å²) in [5, 5.41) is 0. The molecule has 1 fully saturated rings. The Morgan fingerprint density at radius 1 is 1.38 bits per heavy atom. The van der Waals surface area contributed by atoms with Gasteiger partial charge in [-0.3, -0.25) is 0 Å². The van der Waals surface area contributed by atoms with E-state index in [9.17, 15) is 0 Å². The van der Waals surface area contributed by atoms with Crippen LogP contribution in [0.15, 0.2) is 0 Å². The third kappa shape index (κ3) is 1.50. The first-order valence-electron chi connectivity index (χ1n) is 3.93. The normalized spacial score (nSPS) is 20.6. The minimum Gasteiger partial charge on any atom is -0.0654 e. The van der Waals surface area contributed by atoms with Gasteiger partial charge in [-0.05, 0) is 5.92 Å². The number of unbranched alkanes of at least 4 members (excludes halogenated alkanes) is 1. The van der Waals surface area contributed by atoms with Crippen molar-refractivity contribution in [3.05, 3.63) is 0 Å². The Balaban J connectivity index is 1.86. The zero-order valence-electron chi connectivity index (χ0n) is 5.82. The van der Waals surface area contributed by atoms with Crippen LogP contribution in [0.3, 0.4) is 0 Å². The van der Waals surface area contributed by atoms with E-state index < -0.39 is 0 Å². The van der Waals surface area contributed by atoms with Crippen molar-refractivity contribution in [1.29, 1.82) is 0 Å². The van der Waals surface area contributed by atoms with Crippen LogP contribution in [-0.2, 0) is 0 Å². The lowest BCUT2D eigenvalue weighted by atomic mass is 9.82. The molecule has 8 heavy (non-hydrogen) atoms. The summed E-state index contributed by atoms with van der Waals surface area (Å²) >= 11 is 0. The number of hydrogen-bond acceptors (Lipinski definition) is 0. The second-order valence-electron chi connectivity index (χ2n) is 2.94. The van der Waals surface area contributed by atoms with Crippen LogP contribution in [0, 0.1) is 5.92 Å². The van der Waals surface area contributed by atoms with Crippen molar-refractivity contribution in [1.82, 2.24) is 0 Å². The molecule has 0 spiro atoms. The summed E-state index contributed by atoms with van der Waals surface area (Å²) in [6.07, 6.45) is 8.92. The van der Waals surface area contributed by atoms with E-state index in [4.69, 9.17) is 0 Å². The van der Waals surface area contributed by atoms with Crippen LogP contribution in [0.4, 0.5) is 0 Å². The van der Waals surface area contributed by atoms with Gasteiger partial charge in [-0.1, -0.05) is 45.4 Å². The van der Waals surface area contributed by atoms with E-state index >= 15 is 0 Å². The van der Waals surface area contributed by atoms with Crippen LogP contribution in [-0.4, -0.2) is 0 Å². The fraction of sp³-hybridized carbons (Fsp3) is 1.00. The molecule has 0 radical (unpaired) electrons. The van der Waals surface area contributed by atoms with Gasteiger partial charge in [0, 0.05) is 0 Å². The zero-order valence-corrected chi connectivity index (χ0v) is 5.82. The summed E-state index contributed by atoms with van der Waals surface area (Å²) in [5.74, 6) is 1.13. The monoisotopic (exact) mass is 112 g/mol. The predicted molar refractivity (Wildman–Crippen MR) is 36.9 cm³/mol. The van der Waals surface area contributed by atoms with Crippen molar-refractivity contribution in [2.24, 2.45) is 5.92 Å². The Hall–Kier alpha value is 0. The maximum atomic E-state index is 2.28. The molecule has 0 bridgehead atoms. The van der Waals surface area contributed by atoms with Gasteiger partial charge in [-0.15, -0.1) is 0 Å². The maximum absolute atomic E-state index is 2.28. The van der Waals surface area contributed by atoms with Gasteiger partial charge < -0.3 is 0 Å². The van der Waals surface area contributed by atoms with Gasteiger partial charge in [-0.25, -0.2) is 0 Å². The van der Waals surface area contributed by atoms with Gasteiger partial charge in [0.1, 0.15) is 0 Å². The largest absolute Gasteiger partial charge is 0.0654 e. The SMILES string of the molecule is CCCCC1CCC1. The van der Waals surface area contributed by atoms with E-state index in [1.807, 2.05) is 0 Å². The van der Waals surface area contributed by atoms with Crippen molar-refractivity contribution < 1.29 is 0 Å². The van der Waals surface area contributed by atoms with E-state index in [2.05, 4.69) is 6.92 Å². The molecule has 1 aliphatic carbocycles. The van der Waals surface area contributed by atoms with E-state index in [0.29, 0.717) is 0 Å². The predicted octanol–water partition coefficient (Wildman–Crippen LogP) is 2.98. The van der Waals surface area contributed by atoms with Crippen LogP contribution in [0.5, 0.6) is 0 Å². The molecule has 1 aliphatic rings. The Morgan fingerprint density at radius 3 is 2.50 bits per heavy atom. The average Bonchev–Trinajstić information content (AvgIpc) is 1.63. The Kier molecular flexibility index (Phi) is 2.38. The fourth-order valence-electron chi connectivity index (χ4n) is 1.27. The van der Waals surface area contributed by atoms with Gasteiger partial charge in [0.05, 0.1) is 0 Å². The molecule has 48 valence electrons. The van der Waals surface area contributed by atoms with Crippen molar-refractivity contribution >= 4 is 0 Å². The summed E-state index contributed by atoms with van der Waals surface area (Å²) in [5.41, 5.74) is 0. The first-order chi connectivity index (χ1) is 3.93. The summed E-state index contributed by atoms with van der Waals surface area (Å²) < 4.78 is 0. The van der Waals surface area contributed by atoms with Gasteiger partial charge >= 0.3 is 0 Å². The molecule has 0 N–H and O–H groups in total. The molecule has 0 saturated heterocycles. The van der Waals surface area contributed by atoms with Gasteiger partial charge in [0.15, 0.2) is 0 Å². The summed E-state index contributed by atoms with van der Waals surface area (Å²) in [7, 11) is 0. The highest BCUT2D eigenvalue weighted by Gasteiger charge is 2.15. The molecule has 0 aromatic heterocycles. The Bertz CT molecular complexity index is 53.1. The van der Waals surface area contributed by atoms with Crippen LogP contribution in [0.1, 0.15) is 45.4 Å². The molecule has 0 unspecified atom stereocenters. The molecule has 0 heterocycles. The lowest BCUT2D eigenvalue weighted by Crippen LogP contribution is -2.09. The minimum absolute atomic E-state index is 1.13. The molecule has 0 amide bonds. The second-order valence-corrected chi connectivity index (χ2v) is 2.94. The maximum Gasteiger partial charge on any atom is -0.0414 e. The van der Waals surface area contributed by atoms with Gasteiger partial charge in [-0.2, -0.15) is 0 Å². The first kappa shape index (κ1) is 6.12. The highest BCUT2D eigenvalue weighted by Crippen LogP contribution is 2.30. The highest BCUT2D eigenvalue weighted by atomic mass is 14.2. The molecule has 0 aromatic rings. The third-order valence-corrected chi connectivity index (χ3v) is 2.19. The lowest BCUT2D eigenvalue weighted by Gasteiger charge is -2.24. The minimum atomic E-state index is 1.13. The fourth-order valence-corrected chi connectivity index (χ4v) is 1.27. The number of rotatable bonds is 3. The van der Waals surface area contributed by atoms with Gasteiger partial charge in [0.25, 0.3) is 0 Å². The average molecular weight is 112 g/mol. The molecule has 0 aromatic carbocycles. The van der Waals surface area contributed by atoms with Crippen molar-refractivity contribution in [3.8, 4) is 0 Å². The van der Waals surface area contributed by atoms with Crippen molar-refractivity contribution in [3.63, 3.8) is 0 Å². The lowest BCUT2D eigenvalue weighted by molar-refractivity contribution is 0.289. The summed E-state index contributed by atoms with van der Waals surface area (Å²) in [6.45, 7) is 2.28. The van der Waals surface area contributed by atoms with E-state index in [1.165, 1.54) is 38.5 Å². The molecule has 1 rings (SSSR count). The molecular weight excluding hydrogens is 96.1 g/mol. The van der Waals surface area contributed by atoms with E-state index in [-0.39, 0.29) is 0 Å². The molecule has 0 nitrogen and oxygen atoms in total. The molecule has 0 heteroatoms. The van der Waals surface area contributed by atoms with Crippen LogP contribution >= 0.6 is 0 Å². The molecule has 1 saturated carbocycles. The zero-order chi connectivity index (χ0) is 5.82. The Morgan fingerprint density at radius 2 is 2.12 bits per heavy atom. The summed E-state index contributed by atoms with van der Waals surface area (Å²) in [6, 6.07) is 0. The molecule has 0 aliphatic heterocycles. The second kappa shape index (κ2) is 3.11. The van der Waals surface area contributed by atoms with E-state index in [1.54, 1.807) is 0 Å². The van der Waals surface area contributed by atoms with E-state index in [0.717, 1.165) is 5.92 Å². The topological polar surface area (TPSA) is 0 Å². The Labute approximate surface area is 52.3 Å². The third-order valence-electron chi connectivity index (χ3n) is 2.19. The summed E-state index contributed by atoms with van der Waals surface area (Å²) in [4.78, 5) is 0. The van der Waals surface area contributed by atoms with Crippen LogP contribution in [0.2, 0.25) is 0 Å². The van der Waals surface area contributed by atoms with Crippen LogP contribution < -0.4 is 0 Å². The van der Waals surface area contributed by atoms with Crippen molar-refractivity contribution in [2.75, 3.05) is 0 Å². The smallest absolute Gasteiger partial charge is 0.0414 e. The van der Waals surface area contributed by atoms with Crippen LogP contribution in [0.25, 0.3) is 0 Å². The first-order valence-corrected chi connectivity index (χ1v) is 3.93. The van der Waals surface area contributed by atoms with Crippen molar-refractivity contribution in [2.45, 2.75) is 45.4 Å². The quantitative estimate of drug-likeness (QED) is 0.526. The molecule has 0 atom stereocenters. The highest BCUT2D eigenvalue weighted by molar-refractivity contribution is 4.68. The van der Waals surface area contributed by atoms with Gasteiger partial charge in [0.2, 0.25) is 0 Å². The standard InChI is InChI=1S/C8H16/c1-2-3-5-8-6-4-7-8/h8H,2-7H2,1H3. The molecular formula is C8H16. The number of hydrogen-bond donors (Lipinski definition) is 0.